The van der Waals surface area contributed by atoms with Gasteiger partial charge in [0.05, 0.1) is 22.2 Å². The lowest BCUT2D eigenvalue weighted by Crippen LogP contribution is -2.31. The van der Waals surface area contributed by atoms with Gasteiger partial charge in [-0.3, -0.25) is 4.79 Å². The quantitative estimate of drug-likeness (QED) is 0.137. The average molecular weight is 770 g/mol. The zero-order valence-electron chi connectivity index (χ0n) is 26.0. The Hall–Kier alpha value is -4.03. The van der Waals surface area contributed by atoms with Gasteiger partial charge in [-0.1, -0.05) is 77.4 Å². The summed E-state index contributed by atoms with van der Waals surface area (Å²) in [6, 6.07) is 22.5. The average Bonchev–Trinajstić information content (AvgIpc) is 3.47. The van der Waals surface area contributed by atoms with E-state index in [1.807, 2.05) is 68.4 Å². The highest BCUT2D eigenvalue weighted by Gasteiger charge is 2.36. The van der Waals surface area contributed by atoms with Crippen LogP contribution in [0.5, 0.6) is 11.5 Å². The summed E-state index contributed by atoms with van der Waals surface area (Å²) in [7, 11) is 1.51. The lowest BCUT2D eigenvalue weighted by atomic mass is 9.94. The number of nitrogens with one attached hydrogen (secondary N) is 2. The number of para-hydroxylation sites is 1. The number of carbonyl (C=O) groups excluding carboxylic acids is 1. The molecule has 0 saturated carbocycles. The minimum absolute atomic E-state index is 0.129. The van der Waals surface area contributed by atoms with Crippen LogP contribution in [0.25, 0.3) is 0 Å². The van der Waals surface area contributed by atoms with E-state index in [2.05, 4.69) is 26.6 Å². The van der Waals surface area contributed by atoms with Crippen LogP contribution in [0.2, 0.25) is 10.0 Å². The number of amides is 1. The standard InChI is InChI=1S/C35H29BrCl2FN5O3S/c1-19-9-4-7-14-28(19)41-33(45)30-20(2)40-34-42-35(48-18-21-10-5-6-11-25(21)37)43-44(34)31(30)22-15-24(36)32(29(16-22)46-3)47-17-23-26(38)12-8-13-27(23)39/h4-16,31H,17-18H2,1-3H3,(H,41,45)(H,40,42,43). The summed E-state index contributed by atoms with van der Waals surface area (Å²) in [6.07, 6.45) is 0. The third kappa shape index (κ3) is 7.05. The second kappa shape index (κ2) is 14.6. The summed E-state index contributed by atoms with van der Waals surface area (Å²) < 4.78 is 28.5. The van der Waals surface area contributed by atoms with Gasteiger partial charge in [-0.25, -0.2) is 9.07 Å². The molecule has 48 heavy (non-hydrogen) atoms. The second-order valence-corrected chi connectivity index (χ2v) is 13.5. The zero-order valence-corrected chi connectivity index (χ0v) is 29.9. The fraction of sp³-hybridized carbons (Fsp3) is 0.171. The summed E-state index contributed by atoms with van der Waals surface area (Å²) in [5, 5.41) is 12.6. The minimum Gasteiger partial charge on any atom is -0.493 e. The van der Waals surface area contributed by atoms with Crippen molar-refractivity contribution in [1.82, 2.24) is 14.8 Å². The number of hydrogen-bond acceptors (Lipinski definition) is 7. The van der Waals surface area contributed by atoms with Crippen molar-refractivity contribution in [3.63, 3.8) is 0 Å². The topological polar surface area (TPSA) is 90.3 Å². The summed E-state index contributed by atoms with van der Waals surface area (Å²) in [6.45, 7) is 3.63. The molecule has 1 unspecified atom stereocenters. The van der Waals surface area contributed by atoms with E-state index < -0.39 is 11.9 Å². The highest BCUT2D eigenvalue weighted by molar-refractivity contribution is 9.10. The van der Waals surface area contributed by atoms with Crippen molar-refractivity contribution in [2.24, 2.45) is 0 Å². The van der Waals surface area contributed by atoms with E-state index in [1.165, 1.54) is 31.0 Å². The number of aromatic nitrogens is 3. The van der Waals surface area contributed by atoms with E-state index in [1.54, 1.807) is 16.8 Å². The van der Waals surface area contributed by atoms with Gasteiger partial charge in [0.15, 0.2) is 11.5 Å². The molecule has 0 spiro atoms. The molecule has 246 valence electrons. The first-order chi connectivity index (χ1) is 23.1. The van der Waals surface area contributed by atoms with Gasteiger partial charge in [-0.2, -0.15) is 4.98 Å². The molecule has 6 rings (SSSR count). The second-order valence-electron chi connectivity index (χ2n) is 10.9. The first-order valence-electron chi connectivity index (χ1n) is 14.7. The van der Waals surface area contributed by atoms with Gasteiger partial charge in [0.25, 0.3) is 5.91 Å². The zero-order chi connectivity index (χ0) is 33.9. The third-order valence-corrected chi connectivity index (χ3v) is 9.97. The third-order valence-electron chi connectivity index (χ3n) is 7.78. The molecule has 0 radical (unpaired) electrons. The van der Waals surface area contributed by atoms with Gasteiger partial charge in [0.2, 0.25) is 11.1 Å². The molecule has 1 aromatic heterocycles. The Morgan fingerprint density at radius 3 is 2.56 bits per heavy atom. The van der Waals surface area contributed by atoms with Crippen LogP contribution in [0.1, 0.15) is 35.2 Å². The molecular weight excluding hydrogens is 740 g/mol. The highest BCUT2D eigenvalue weighted by Crippen LogP contribution is 2.44. The van der Waals surface area contributed by atoms with Crippen LogP contribution in [0.15, 0.2) is 99.8 Å². The normalized spacial score (nSPS) is 13.9. The van der Waals surface area contributed by atoms with Crippen molar-refractivity contribution in [2.45, 2.75) is 37.4 Å². The molecule has 5 aromatic rings. The first kappa shape index (κ1) is 33.9. The predicted molar refractivity (Wildman–Crippen MR) is 192 cm³/mol. The van der Waals surface area contributed by atoms with Gasteiger partial charge in [0, 0.05) is 27.7 Å². The number of anilines is 2. The minimum atomic E-state index is -0.715. The molecule has 0 aliphatic carbocycles. The highest BCUT2D eigenvalue weighted by atomic mass is 79.9. The summed E-state index contributed by atoms with van der Waals surface area (Å²) in [5.74, 6) is 0.938. The van der Waals surface area contributed by atoms with E-state index in [9.17, 15) is 9.18 Å². The fourth-order valence-corrected chi connectivity index (χ4v) is 7.21. The Labute approximate surface area is 299 Å². The van der Waals surface area contributed by atoms with E-state index in [-0.39, 0.29) is 23.1 Å². The van der Waals surface area contributed by atoms with E-state index in [0.29, 0.717) is 60.4 Å². The molecule has 1 aliphatic rings. The van der Waals surface area contributed by atoms with Crippen LogP contribution < -0.4 is 20.1 Å². The Kier molecular flexibility index (Phi) is 10.3. The number of methoxy groups -OCH3 is 1. The lowest BCUT2D eigenvalue weighted by Gasteiger charge is -2.29. The maximum atomic E-state index is 14.5. The number of allylic oxidation sites excluding steroid dienone is 1. The summed E-state index contributed by atoms with van der Waals surface area (Å²) in [5.41, 5.74) is 4.49. The van der Waals surface area contributed by atoms with Gasteiger partial charge < -0.3 is 20.1 Å². The number of benzene rings is 4. The van der Waals surface area contributed by atoms with Gasteiger partial charge in [-0.05, 0) is 82.9 Å². The number of thioether (sulfide) groups is 1. The van der Waals surface area contributed by atoms with Crippen LogP contribution in [0.3, 0.4) is 0 Å². The van der Waals surface area contributed by atoms with E-state index in [4.69, 9.17) is 42.8 Å². The number of aryl methyl sites for hydroxylation is 1. The number of nitrogens with zero attached hydrogens (tertiary/aromatic N) is 3. The molecule has 2 heterocycles. The van der Waals surface area contributed by atoms with Crippen LogP contribution in [0.4, 0.5) is 16.0 Å². The molecule has 1 aliphatic heterocycles. The monoisotopic (exact) mass is 767 g/mol. The first-order valence-corrected chi connectivity index (χ1v) is 17.3. The molecule has 2 N–H and O–H groups in total. The largest absolute Gasteiger partial charge is 0.493 e. The predicted octanol–water partition coefficient (Wildman–Crippen LogP) is 9.60. The summed E-state index contributed by atoms with van der Waals surface area (Å²) in [4.78, 5) is 18.9. The SMILES string of the molecule is COc1cc(C2C(C(=O)Nc3ccccc3C)=C(C)Nc3nc(SCc4ccccc4Cl)nn32)cc(Br)c1OCc1c(F)cccc1Cl. The fourth-order valence-electron chi connectivity index (χ4n) is 5.31. The van der Waals surface area contributed by atoms with Crippen molar-refractivity contribution in [3.05, 3.63) is 133 Å². The molecule has 1 atom stereocenters. The van der Waals surface area contributed by atoms with Gasteiger partial charge in [0.1, 0.15) is 18.5 Å². The van der Waals surface area contributed by atoms with Crippen LogP contribution in [-0.4, -0.2) is 27.8 Å². The molecular formula is C35H29BrCl2FN5O3S. The summed E-state index contributed by atoms with van der Waals surface area (Å²) >= 11 is 17.7. The molecule has 4 aromatic carbocycles. The molecule has 8 nitrogen and oxygen atoms in total. The van der Waals surface area contributed by atoms with Crippen molar-refractivity contribution >= 4 is 68.4 Å². The van der Waals surface area contributed by atoms with Gasteiger partial charge in [-0.15, -0.1) is 5.10 Å². The molecule has 0 bridgehead atoms. The molecule has 0 saturated heterocycles. The maximum Gasteiger partial charge on any atom is 0.255 e. The number of ether oxygens (including phenoxy) is 2. The number of halogens is 4. The number of hydrogen-bond donors (Lipinski definition) is 2. The Balaban J connectivity index is 1.39. The van der Waals surface area contributed by atoms with Crippen molar-refractivity contribution in [2.75, 3.05) is 17.7 Å². The van der Waals surface area contributed by atoms with Crippen LogP contribution >= 0.6 is 50.9 Å². The van der Waals surface area contributed by atoms with Crippen molar-refractivity contribution < 1.29 is 18.7 Å². The number of carbonyl (C=O) groups is 1. The number of fused-ring (bicyclic) bond motifs is 1. The Morgan fingerprint density at radius 2 is 1.81 bits per heavy atom. The Bertz CT molecular complexity index is 2040. The molecule has 1 amide bonds. The lowest BCUT2D eigenvalue weighted by molar-refractivity contribution is -0.113. The van der Waals surface area contributed by atoms with Crippen molar-refractivity contribution in [1.29, 1.82) is 0 Å². The van der Waals surface area contributed by atoms with E-state index >= 15 is 0 Å². The number of rotatable bonds is 10. The molecule has 0 fully saturated rings. The maximum absolute atomic E-state index is 14.5. The van der Waals surface area contributed by atoms with Crippen molar-refractivity contribution in [3.8, 4) is 11.5 Å². The van der Waals surface area contributed by atoms with E-state index in [0.717, 1.165) is 11.1 Å². The van der Waals surface area contributed by atoms with Crippen LogP contribution in [0, 0.1) is 12.7 Å². The smallest absolute Gasteiger partial charge is 0.255 e. The van der Waals surface area contributed by atoms with Crippen LogP contribution in [-0.2, 0) is 17.2 Å². The van der Waals surface area contributed by atoms with Gasteiger partial charge >= 0.3 is 0 Å². The Morgan fingerprint density at radius 1 is 1.06 bits per heavy atom. The molecule has 13 heteroatoms.